The molecule has 0 unspecified atom stereocenters. The molecule has 1 aliphatic carbocycles. The first-order chi connectivity index (χ1) is 16.1. The fraction of sp³-hybridized carbons (Fsp3) is 0.478. The largest absolute Gasteiger partial charge is 0.482 e. The number of hydrogen-bond acceptors (Lipinski definition) is 5. The molecular weight excluding hydrogens is 456 g/mol. The maximum atomic E-state index is 13.5. The van der Waals surface area contributed by atoms with E-state index >= 15 is 0 Å². The highest BCUT2D eigenvalue weighted by Gasteiger charge is 2.41. The van der Waals surface area contributed by atoms with Crippen molar-refractivity contribution in [1.82, 2.24) is 20.0 Å². The summed E-state index contributed by atoms with van der Waals surface area (Å²) >= 11 is 0. The minimum Gasteiger partial charge on any atom is -0.482 e. The van der Waals surface area contributed by atoms with Crippen molar-refractivity contribution in [2.45, 2.75) is 57.4 Å². The molecule has 7 nitrogen and oxygen atoms in total. The molecule has 0 radical (unpaired) electrons. The fourth-order valence-electron chi connectivity index (χ4n) is 4.00. The van der Waals surface area contributed by atoms with E-state index in [1.165, 1.54) is 0 Å². The maximum Gasteiger partial charge on any atom is 0.272 e. The molecule has 0 spiro atoms. The van der Waals surface area contributed by atoms with E-state index in [-0.39, 0.29) is 43.0 Å². The van der Waals surface area contributed by atoms with Crippen molar-refractivity contribution in [3.8, 4) is 5.75 Å². The summed E-state index contributed by atoms with van der Waals surface area (Å²) in [5, 5.41) is 5.82. The Labute approximate surface area is 193 Å². The molecule has 0 atom stereocenters. The Morgan fingerprint density at radius 1 is 1.26 bits per heavy atom. The summed E-state index contributed by atoms with van der Waals surface area (Å²) in [6.07, 6.45) is 2.11. The lowest BCUT2D eigenvalue weighted by Crippen LogP contribution is -2.50. The molecule has 1 fully saturated rings. The second kappa shape index (κ2) is 9.19. The summed E-state index contributed by atoms with van der Waals surface area (Å²) < 4.78 is 64.7. The van der Waals surface area contributed by atoms with E-state index in [1.54, 1.807) is 48.7 Å². The van der Waals surface area contributed by atoms with Crippen LogP contribution in [0.4, 0.5) is 17.6 Å². The van der Waals surface area contributed by atoms with Gasteiger partial charge >= 0.3 is 0 Å². The number of amides is 1. The third kappa shape index (κ3) is 5.28. The number of allylic oxidation sites excluding steroid dienone is 1. The Morgan fingerprint density at radius 3 is 2.71 bits per heavy atom. The van der Waals surface area contributed by atoms with Crippen LogP contribution in [0.2, 0.25) is 0 Å². The molecule has 2 aromatic rings. The van der Waals surface area contributed by atoms with E-state index in [1.807, 2.05) is 0 Å². The molecule has 2 N–H and O–H groups in total. The molecule has 0 saturated heterocycles. The van der Waals surface area contributed by atoms with Crippen molar-refractivity contribution in [2.75, 3.05) is 13.2 Å². The lowest BCUT2D eigenvalue weighted by Gasteiger charge is -2.37. The Kier molecular flexibility index (Phi) is 6.46. The molecule has 1 aliphatic heterocycles. The van der Waals surface area contributed by atoms with Crippen LogP contribution in [0.1, 0.15) is 48.8 Å². The molecule has 2 aliphatic rings. The minimum absolute atomic E-state index is 0.153. The number of carbonyl (C=O) groups excluding carboxylic acids is 1. The summed E-state index contributed by atoms with van der Waals surface area (Å²) in [4.78, 5) is 17.3. The number of alkyl halides is 4. The Balaban J connectivity index is 1.52. The van der Waals surface area contributed by atoms with Gasteiger partial charge in [0, 0.05) is 24.9 Å². The first kappa shape index (κ1) is 23.9. The average Bonchev–Trinajstić information content (AvgIpc) is 3.12. The van der Waals surface area contributed by atoms with Gasteiger partial charge in [0.25, 0.3) is 12.3 Å². The molecule has 1 saturated carbocycles. The fourth-order valence-corrected chi connectivity index (χ4v) is 4.00. The normalized spacial score (nSPS) is 19.3. The van der Waals surface area contributed by atoms with Crippen LogP contribution in [0.15, 0.2) is 42.1 Å². The lowest BCUT2D eigenvalue weighted by molar-refractivity contribution is -0.0522. The number of rotatable bonds is 7. The predicted octanol–water partition coefficient (Wildman–Crippen LogP) is 4.33. The Morgan fingerprint density at radius 2 is 2.00 bits per heavy atom. The molecule has 3 heterocycles. The quantitative estimate of drug-likeness (QED) is 0.575. The number of imidazole rings is 1. The van der Waals surface area contributed by atoms with Crippen LogP contribution >= 0.6 is 0 Å². The summed E-state index contributed by atoms with van der Waals surface area (Å²) in [5.41, 5.74) is 0.503. The molecule has 1 amide bonds. The van der Waals surface area contributed by atoms with Crippen molar-refractivity contribution < 1.29 is 31.8 Å². The van der Waals surface area contributed by atoms with Gasteiger partial charge in [-0.15, -0.1) is 0 Å². The van der Waals surface area contributed by atoms with Crippen LogP contribution in [-0.4, -0.2) is 46.3 Å². The zero-order valence-corrected chi connectivity index (χ0v) is 18.8. The average molecular weight is 482 g/mol. The van der Waals surface area contributed by atoms with Gasteiger partial charge in [0.05, 0.1) is 11.9 Å². The molecule has 11 heteroatoms. The monoisotopic (exact) mass is 482 g/mol. The van der Waals surface area contributed by atoms with Crippen molar-refractivity contribution in [1.29, 1.82) is 0 Å². The molecule has 34 heavy (non-hydrogen) atoms. The SMILES string of the molecule is Cc1c(C(=O)NC2(C)CCC(F)(F)CC2)nc2ccc(OC3=C(OCC(F)F)C=CCN3)cn12. The molecule has 184 valence electrons. The number of aromatic nitrogens is 2. The third-order valence-electron chi connectivity index (χ3n) is 6.00. The van der Waals surface area contributed by atoms with Crippen molar-refractivity contribution >= 4 is 11.6 Å². The highest BCUT2D eigenvalue weighted by Crippen LogP contribution is 2.38. The van der Waals surface area contributed by atoms with E-state index in [2.05, 4.69) is 15.6 Å². The number of halogens is 4. The molecule has 0 bridgehead atoms. The van der Waals surface area contributed by atoms with Crippen LogP contribution in [0.3, 0.4) is 0 Å². The number of nitrogens with one attached hydrogen (secondary N) is 2. The zero-order chi connectivity index (χ0) is 24.5. The van der Waals surface area contributed by atoms with Gasteiger partial charge in [-0.1, -0.05) is 6.08 Å². The summed E-state index contributed by atoms with van der Waals surface area (Å²) in [5.74, 6) is -2.40. The smallest absolute Gasteiger partial charge is 0.272 e. The van der Waals surface area contributed by atoms with Crippen LogP contribution < -0.4 is 15.4 Å². The first-order valence-corrected chi connectivity index (χ1v) is 11.0. The van der Waals surface area contributed by atoms with Crippen molar-refractivity contribution in [2.24, 2.45) is 0 Å². The van der Waals surface area contributed by atoms with E-state index in [0.29, 0.717) is 23.6 Å². The van der Waals surface area contributed by atoms with E-state index in [9.17, 15) is 22.4 Å². The summed E-state index contributed by atoms with van der Waals surface area (Å²) in [7, 11) is 0. The van der Waals surface area contributed by atoms with Gasteiger partial charge in [0.15, 0.2) is 5.76 Å². The number of dihydropyridines is 1. The number of pyridine rings is 1. The second-order valence-corrected chi connectivity index (χ2v) is 8.79. The number of aryl methyl sites for hydroxylation is 1. The van der Waals surface area contributed by atoms with E-state index < -0.39 is 30.4 Å². The van der Waals surface area contributed by atoms with Gasteiger partial charge in [-0.05, 0) is 44.9 Å². The highest BCUT2D eigenvalue weighted by atomic mass is 19.3. The minimum atomic E-state index is -2.69. The number of fused-ring (bicyclic) bond motifs is 1. The van der Waals surface area contributed by atoms with Crippen LogP contribution in [0.5, 0.6) is 5.75 Å². The van der Waals surface area contributed by atoms with Gasteiger partial charge in [0.1, 0.15) is 23.7 Å². The first-order valence-electron chi connectivity index (χ1n) is 11.0. The molecular formula is C23H26F4N4O3. The predicted molar refractivity (Wildman–Crippen MR) is 116 cm³/mol. The maximum absolute atomic E-state index is 13.5. The molecule has 2 aromatic heterocycles. The number of hydrogen-bond donors (Lipinski definition) is 2. The van der Waals surface area contributed by atoms with Gasteiger partial charge in [-0.25, -0.2) is 22.5 Å². The topological polar surface area (TPSA) is 76.9 Å². The van der Waals surface area contributed by atoms with Gasteiger partial charge < -0.3 is 20.1 Å². The summed E-state index contributed by atoms with van der Waals surface area (Å²) in [6.45, 7) is 3.17. The Bertz CT molecular complexity index is 1130. The van der Waals surface area contributed by atoms with E-state index in [0.717, 1.165) is 0 Å². The molecule has 4 rings (SSSR count). The lowest BCUT2D eigenvalue weighted by atomic mass is 9.81. The Hall–Kier alpha value is -3.24. The summed E-state index contributed by atoms with van der Waals surface area (Å²) in [6, 6.07) is 3.28. The van der Waals surface area contributed by atoms with Crippen molar-refractivity contribution in [3.63, 3.8) is 0 Å². The standard InChI is InChI=1S/C23H26F4N4O3/c1-14-19(20(32)30-22(2)7-9-23(26,27)10-8-22)29-18-6-5-15(12-31(14)18)34-21-16(4-3-11-28-21)33-13-17(24)25/h3-6,12,17,28H,7-11,13H2,1-2H3,(H,30,32). The van der Waals surface area contributed by atoms with Gasteiger partial charge in [-0.3, -0.25) is 9.20 Å². The second-order valence-electron chi connectivity index (χ2n) is 8.79. The third-order valence-corrected chi connectivity index (χ3v) is 6.00. The van der Waals surface area contributed by atoms with Crippen LogP contribution in [-0.2, 0) is 4.74 Å². The van der Waals surface area contributed by atoms with Gasteiger partial charge in [0.2, 0.25) is 11.8 Å². The van der Waals surface area contributed by atoms with Crippen LogP contribution in [0, 0.1) is 6.92 Å². The highest BCUT2D eigenvalue weighted by molar-refractivity contribution is 5.94. The van der Waals surface area contributed by atoms with Crippen LogP contribution in [0.25, 0.3) is 5.65 Å². The zero-order valence-electron chi connectivity index (χ0n) is 18.8. The number of carbonyl (C=O) groups is 1. The number of nitrogens with zero attached hydrogens (tertiary/aromatic N) is 2. The van der Waals surface area contributed by atoms with E-state index in [4.69, 9.17) is 9.47 Å². The molecule has 0 aromatic carbocycles. The van der Waals surface area contributed by atoms with Crippen molar-refractivity contribution in [3.05, 3.63) is 53.5 Å². The number of ether oxygens (including phenoxy) is 2. The van der Waals surface area contributed by atoms with Gasteiger partial charge in [-0.2, -0.15) is 0 Å².